The van der Waals surface area contributed by atoms with Gasteiger partial charge < -0.3 is 4.74 Å². The van der Waals surface area contributed by atoms with E-state index in [9.17, 15) is 9.59 Å². The van der Waals surface area contributed by atoms with Crippen LogP contribution in [-0.2, 0) is 14.3 Å². The van der Waals surface area contributed by atoms with Crippen LogP contribution in [0.4, 0.5) is 0 Å². The molecule has 0 spiro atoms. The van der Waals surface area contributed by atoms with Crippen molar-refractivity contribution < 1.29 is 14.3 Å². The second kappa shape index (κ2) is 3.73. The molecule has 0 saturated heterocycles. The molecule has 4 heteroatoms. The number of carbonyl (C=O) groups excluding carboxylic acids is 2. The van der Waals surface area contributed by atoms with Crippen molar-refractivity contribution in [2.24, 2.45) is 5.92 Å². The number of hydrogen-bond acceptors (Lipinski definition) is 3. The minimum atomic E-state index is -0.235. The smallest absolute Gasteiger partial charge is 0.176 e. The average molecular weight is 215 g/mol. The van der Waals surface area contributed by atoms with Gasteiger partial charge in [-0.1, -0.05) is 6.42 Å². The molecule has 0 aromatic heterocycles. The Balaban J connectivity index is 2.24. The molecular formula is C10H11ClO3. The number of allylic oxidation sites excluding steroid dienone is 1. The maximum atomic E-state index is 11.7. The summed E-state index contributed by atoms with van der Waals surface area (Å²) in [6, 6.07) is 0. The molecule has 3 unspecified atom stereocenters. The third-order valence-electron chi connectivity index (χ3n) is 2.85. The van der Waals surface area contributed by atoms with Crippen molar-refractivity contribution in [1.29, 1.82) is 0 Å². The van der Waals surface area contributed by atoms with Gasteiger partial charge in [0.05, 0.1) is 23.1 Å². The van der Waals surface area contributed by atoms with Gasteiger partial charge in [0.15, 0.2) is 12.1 Å². The predicted octanol–water partition coefficient (Wildman–Crippen LogP) is 1.44. The minimum Gasteiger partial charge on any atom is -0.495 e. The second-order valence-corrected chi connectivity index (χ2v) is 4.27. The van der Waals surface area contributed by atoms with Crippen LogP contribution in [0, 0.1) is 5.92 Å². The molecule has 0 bridgehead atoms. The number of rotatable bonds is 1. The molecule has 76 valence electrons. The van der Waals surface area contributed by atoms with Crippen LogP contribution >= 0.6 is 11.6 Å². The Morgan fingerprint density at radius 3 is 3.00 bits per heavy atom. The quantitative estimate of drug-likeness (QED) is 0.377. The van der Waals surface area contributed by atoms with E-state index in [2.05, 4.69) is 0 Å². The molecular weight excluding hydrogens is 204 g/mol. The van der Waals surface area contributed by atoms with Gasteiger partial charge in [-0.3, -0.25) is 9.59 Å². The van der Waals surface area contributed by atoms with Gasteiger partial charge in [-0.25, -0.2) is 0 Å². The van der Waals surface area contributed by atoms with E-state index < -0.39 is 0 Å². The van der Waals surface area contributed by atoms with Gasteiger partial charge in [-0.2, -0.15) is 0 Å². The Labute approximate surface area is 87.1 Å². The Bertz CT molecular complexity index is 298. The number of halogens is 1. The standard InChI is InChI=1S/C10H11ClO3/c11-8-3-1-2-7-9(13)6(4-12)5-14-10(7)8/h4-5,7-8,10H,1-3H2. The molecule has 0 radical (unpaired) electrons. The van der Waals surface area contributed by atoms with Crippen LogP contribution in [0.15, 0.2) is 11.8 Å². The van der Waals surface area contributed by atoms with Crippen molar-refractivity contribution in [2.75, 3.05) is 0 Å². The first kappa shape index (κ1) is 9.71. The van der Waals surface area contributed by atoms with Crippen LogP contribution in [0.5, 0.6) is 0 Å². The van der Waals surface area contributed by atoms with Crippen molar-refractivity contribution in [3.05, 3.63) is 11.8 Å². The van der Waals surface area contributed by atoms with Crippen LogP contribution in [0.25, 0.3) is 0 Å². The second-order valence-electron chi connectivity index (χ2n) is 3.71. The maximum absolute atomic E-state index is 11.7. The van der Waals surface area contributed by atoms with Gasteiger partial charge in [-0.05, 0) is 12.8 Å². The number of aldehydes is 1. The number of ether oxygens (including phenoxy) is 1. The zero-order chi connectivity index (χ0) is 10.1. The van der Waals surface area contributed by atoms with Gasteiger partial charge >= 0.3 is 0 Å². The first-order chi connectivity index (χ1) is 6.74. The van der Waals surface area contributed by atoms with Crippen LogP contribution in [0.3, 0.4) is 0 Å². The van der Waals surface area contributed by atoms with Gasteiger partial charge in [0.1, 0.15) is 6.10 Å². The van der Waals surface area contributed by atoms with E-state index >= 15 is 0 Å². The summed E-state index contributed by atoms with van der Waals surface area (Å²) in [5.41, 5.74) is 0.136. The van der Waals surface area contributed by atoms with E-state index in [1.165, 1.54) is 6.26 Å². The fourth-order valence-electron chi connectivity index (χ4n) is 2.08. The molecule has 2 rings (SSSR count). The fraction of sp³-hybridized carbons (Fsp3) is 0.600. The maximum Gasteiger partial charge on any atom is 0.176 e. The highest BCUT2D eigenvalue weighted by Crippen LogP contribution is 2.35. The molecule has 1 aliphatic carbocycles. The highest BCUT2D eigenvalue weighted by Gasteiger charge is 2.41. The first-order valence-corrected chi connectivity index (χ1v) is 5.17. The minimum absolute atomic E-state index is 0.109. The number of fused-ring (bicyclic) bond motifs is 1. The largest absolute Gasteiger partial charge is 0.495 e. The Morgan fingerprint density at radius 1 is 1.50 bits per heavy atom. The Hall–Kier alpha value is -0.830. The average Bonchev–Trinajstić information content (AvgIpc) is 2.20. The summed E-state index contributed by atoms with van der Waals surface area (Å²) in [5.74, 6) is -0.321. The number of carbonyl (C=O) groups is 2. The molecule has 1 fully saturated rings. The van der Waals surface area contributed by atoms with Crippen LogP contribution < -0.4 is 0 Å². The highest BCUT2D eigenvalue weighted by atomic mass is 35.5. The summed E-state index contributed by atoms with van der Waals surface area (Å²) in [6.45, 7) is 0. The van der Waals surface area contributed by atoms with Crippen molar-refractivity contribution in [2.45, 2.75) is 30.7 Å². The Morgan fingerprint density at radius 2 is 2.29 bits per heavy atom. The normalized spacial score (nSPS) is 36.8. The molecule has 1 saturated carbocycles. The topological polar surface area (TPSA) is 43.4 Å². The zero-order valence-electron chi connectivity index (χ0n) is 7.61. The van der Waals surface area contributed by atoms with Crippen LogP contribution in [0.2, 0.25) is 0 Å². The summed E-state index contributed by atoms with van der Waals surface area (Å²) in [5, 5.41) is -0.109. The third-order valence-corrected chi connectivity index (χ3v) is 3.32. The summed E-state index contributed by atoms with van der Waals surface area (Å²) in [4.78, 5) is 22.2. The molecule has 1 heterocycles. The monoisotopic (exact) mass is 214 g/mol. The SMILES string of the molecule is O=CC1=COC2C(Cl)CCCC2C1=O. The van der Waals surface area contributed by atoms with Crippen LogP contribution in [-0.4, -0.2) is 23.6 Å². The third kappa shape index (κ3) is 1.46. The number of alkyl halides is 1. The van der Waals surface area contributed by atoms with Gasteiger partial charge in [0.25, 0.3) is 0 Å². The molecule has 14 heavy (non-hydrogen) atoms. The molecule has 0 aromatic rings. The van der Waals surface area contributed by atoms with Crippen LogP contribution in [0.1, 0.15) is 19.3 Å². The summed E-state index contributed by atoms with van der Waals surface area (Å²) in [7, 11) is 0. The van der Waals surface area contributed by atoms with Gasteiger partial charge in [0, 0.05) is 0 Å². The van der Waals surface area contributed by atoms with E-state index in [1.807, 2.05) is 0 Å². The summed E-state index contributed by atoms with van der Waals surface area (Å²) >= 11 is 6.05. The van der Waals surface area contributed by atoms with E-state index in [-0.39, 0.29) is 28.8 Å². The van der Waals surface area contributed by atoms with Crippen molar-refractivity contribution in [3.8, 4) is 0 Å². The lowest BCUT2D eigenvalue weighted by Gasteiger charge is -2.35. The number of Topliss-reactive ketones (excluding diaryl/α,β-unsaturated/α-hetero) is 1. The predicted molar refractivity (Wildman–Crippen MR) is 51.0 cm³/mol. The zero-order valence-corrected chi connectivity index (χ0v) is 8.37. The molecule has 3 nitrogen and oxygen atoms in total. The Kier molecular flexibility index (Phi) is 2.59. The molecule has 0 amide bonds. The van der Waals surface area contributed by atoms with Gasteiger partial charge in [-0.15, -0.1) is 11.6 Å². The summed E-state index contributed by atoms with van der Waals surface area (Å²) in [6.07, 6.45) is 4.14. The summed E-state index contributed by atoms with van der Waals surface area (Å²) < 4.78 is 5.32. The van der Waals surface area contributed by atoms with E-state index in [0.29, 0.717) is 6.29 Å². The van der Waals surface area contributed by atoms with E-state index in [1.54, 1.807) is 0 Å². The molecule has 0 aromatic carbocycles. The number of hydrogen-bond donors (Lipinski definition) is 0. The molecule has 0 N–H and O–H groups in total. The first-order valence-electron chi connectivity index (χ1n) is 4.73. The molecule has 3 atom stereocenters. The van der Waals surface area contributed by atoms with Crippen molar-refractivity contribution in [3.63, 3.8) is 0 Å². The van der Waals surface area contributed by atoms with E-state index in [4.69, 9.17) is 16.3 Å². The fourth-order valence-corrected chi connectivity index (χ4v) is 2.47. The van der Waals surface area contributed by atoms with Crippen molar-refractivity contribution >= 4 is 23.7 Å². The highest BCUT2D eigenvalue weighted by molar-refractivity contribution is 6.22. The number of ketones is 1. The van der Waals surface area contributed by atoms with Gasteiger partial charge in [0.2, 0.25) is 0 Å². The lowest BCUT2D eigenvalue weighted by Crippen LogP contribution is -2.43. The van der Waals surface area contributed by atoms with E-state index in [0.717, 1.165) is 19.3 Å². The lowest BCUT2D eigenvalue weighted by molar-refractivity contribution is -0.128. The van der Waals surface area contributed by atoms with Crippen molar-refractivity contribution in [1.82, 2.24) is 0 Å². The molecule has 1 aliphatic heterocycles. The molecule has 2 aliphatic rings. The lowest BCUT2D eigenvalue weighted by atomic mass is 9.80.